The van der Waals surface area contributed by atoms with E-state index in [-0.39, 0.29) is 5.78 Å². The lowest BCUT2D eigenvalue weighted by atomic mass is 10.0. The second-order valence-electron chi connectivity index (χ2n) is 8.52. The number of nitrogens with zero attached hydrogens (tertiary/aromatic N) is 6. The highest BCUT2D eigenvalue weighted by Crippen LogP contribution is 2.38. The van der Waals surface area contributed by atoms with E-state index in [1.807, 2.05) is 30.3 Å². The summed E-state index contributed by atoms with van der Waals surface area (Å²) >= 11 is 0. The molecule has 0 unspecified atom stereocenters. The second-order valence-corrected chi connectivity index (χ2v) is 8.52. The van der Waals surface area contributed by atoms with Crippen LogP contribution in [-0.2, 0) is 6.42 Å². The molecule has 1 aliphatic carbocycles. The Morgan fingerprint density at radius 3 is 2.56 bits per heavy atom. The van der Waals surface area contributed by atoms with E-state index in [1.165, 1.54) is 0 Å². The van der Waals surface area contributed by atoms with Gasteiger partial charge in [-0.2, -0.15) is 15.0 Å². The van der Waals surface area contributed by atoms with Crippen LogP contribution < -0.4 is 10.2 Å². The van der Waals surface area contributed by atoms with Crippen molar-refractivity contribution in [1.82, 2.24) is 24.8 Å². The topological polar surface area (TPSA) is 87.1 Å². The van der Waals surface area contributed by atoms with Crippen molar-refractivity contribution in [2.45, 2.75) is 25.2 Å². The van der Waals surface area contributed by atoms with Crippen LogP contribution in [0.2, 0.25) is 0 Å². The summed E-state index contributed by atoms with van der Waals surface area (Å²) in [7, 11) is 2.13. The molecule has 0 radical (unpaired) electrons. The summed E-state index contributed by atoms with van der Waals surface area (Å²) in [5, 5.41) is 3.21. The minimum atomic E-state index is 0.0501. The number of hydrogen-bond acceptors (Lipinski definition) is 8. The van der Waals surface area contributed by atoms with Gasteiger partial charge in [-0.15, -0.1) is 0 Å². The molecule has 32 heavy (non-hydrogen) atoms. The van der Waals surface area contributed by atoms with Gasteiger partial charge in [-0.1, -0.05) is 30.3 Å². The van der Waals surface area contributed by atoms with Crippen LogP contribution in [0.15, 0.2) is 48.7 Å². The smallest absolute Gasteiger partial charge is 0.233 e. The molecular weight excluding hydrogens is 402 g/mol. The van der Waals surface area contributed by atoms with Gasteiger partial charge in [0.15, 0.2) is 5.78 Å². The molecule has 1 aromatic carbocycles. The van der Waals surface area contributed by atoms with Crippen LogP contribution in [0.25, 0.3) is 0 Å². The third-order valence-electron chi connectivity index (χ3n) is 5.90. The van der Waals surface area contributed by atoms with E-state index in [4.69, 9.17) is 4.98 Å². The van der Waals surface area contributed by atoms with Gasteiger partial charge in [-0.25, -0.2) is 4.98 Å². The van der Waals surface area contributed by atoms with Crippen LogP contribution in [0, 0.1) is 0 Å². The molecule has 2 aliphatic rings. The van der Waals surface area contributed by atoms with Crippen molar-refractivity contribution in [3.8, 4) is 0 Å². The molecule has 164 valence electrons. The summed E-state index contributed by atoms with van der Waals surface area (Å²) in [6.45, 7) is 3.76. The number of rotatable bonds is 7. The lowest BCUT2D eigenvalue weighted by Crippen LogP contribution is -2.45. The number of benzene rings is 1. The zero-order valence-corrected chi connectivity index (χ0v) is 18.2. The van der Waals surface area contributed by atoms with E-state index in [9.17, 15) is 4.79 Å². The first kappa shape index (κ1) is 20.5. The Balaban J connectivity index is 1.35. The van der Waals surface area contributed by atoms with Gasteiger partial charge in [0, 0.05) is 50.3 Å². The molecule has 0 atom stereocenters. The van der Waals surface area contributed by atoms with Crippen molar-refractivity contribution in [2.75, 3.05) is 43.4 Å². The molecule has 2 fully saturated rings. The molecule has 0 bridgehead atoms. The van der Waals surface area contributed by atoms with Gasteiger partial charge in [0.25, 0.3) is 0 Å². The minimum Gasteiger partial charge on any atom is -0.338 e. The molecule has 0 spiro atoms. The summed E-state index contributed by atoms with van der Waals surface area (Å²) in [6.07, 6.45) is 4.24. The van der Waals surface area contributed by atoms with E-state index in [1.54, 1.807) is 18.3 Å². The van der Waals surface area contributed by atoms with Gasteiger partial charge in [-0.05, 0) is 37.6 Å². The summed E-state index contributed by atoms with van der Waals surface area (Å²) in [5.74, 6) is 3.06. The van der Waals surface area contributed by atoms with Crippen molar-refractivity contribution >= 4 is 23.5 Å². The van der Waals surface area contributed by atoms with E-state index in [0.717, 1.165) is 50.4 Å². The van der Waals surface area contributed by atoms with Crippen molar-refractivity contribution < 1.29 is 4.79 Å². The second kappa shape index (κ2) is 9.00. The Hall–Kier alpha value is -3.39. The molecule has 1 saturated carbocycles. The van der Waals surface area contributed by atoms with E-state index < -0.39 is 0 Å². The molecule has 8 heteroatoms. The predicted octanol–water partition coefficient (Wildman–Crippen LogP) is 3.06. The Bertz CT molecular complexity index is 1090. The van der Waals surface area contributed by atoms with E-state index in [0.29, 0.717) is 35.6 Å². The zero-order chi connectivity index (χ0) is 21.9. The van der Waals surface area contributed by atoms with Crippen LogP contribution in [0.1, 0.15) is 40.5 Å². The van der Waals surface area contributed by atoms with Crippen LogP contribution in [0.5, 0.6) is 0 Å². The largest absolute Gasteiger partial charge is 0.338 e. The molecule has 1 saturated heterocycles. The molecule has 1 N–H and O–H groups in total. The van der Waals surface area contributed by atoms with Gasteiger partial charge in [0.1, 0.15) is 11.6 Å². The average Bonchev–Trinajstić information content (AvgIpc) is 3.66. The fourth-order valence-electron chi connectivity index (χ4n) is 3.78. The summed E-state index contributed by atoms with van der Waals surface area (Å²) in [6, 6.07) is 13.3. The standard InChI is InChI=1S/C24H27N7O/c1-30-11-13-31(14-12-30)24-28-22(18-7-8-18)27-23(29-24)26-21-16-19(9-10-25-21)20(32)15-17-5-3-2-4-6-17/h2-6,9-10,16,18H,7-8,11-15H2,1H3,(H,25,26,27,28,29). The summed E-state index contributed by atoms with van der Waals surface area (Å²) in [4.78, 5) is 35.7. The van der Waals surface area contributed by atoms with Crippen molar-refractivity contribution in [1.29, 1.82) is 0 Å². The lowest BCUT2D eigenvalue weighted by molar-refractivity contribution is 0.0993. The average molecular weight is 430 g/mol. The molecule has 5 rings (SSSR count). The van der Waals surface area contributed by atoms with Gasteiger partial charge < -0.3 is 15.1 Å². The summed E-state index contributed by atoms with van der Waals surface area (Å²) < 4.78 is 0. The highest BCUT2D eigenvalue weighted by Gasteiger charge is 2.29. The van der Waals surface area contributed by atoms with Gasteiger partial charge in [0.05, 0.1) is 0 Å². The maximum atomic E-state index is 12.8. The number of piperazine rings is 1. The van der Waals surface area contributed by atoms with Crippen molar-refractivity contribution in [3.63, 3.8) is 0 Å². The van der Waals surface area contributed by atoms with Gasteiger partial charge >= 0.3 is 0 Å². The number of anilines is 3. The first-order valence-corrected chi connectivity index (χ1v) is 11.1. The van der Waals surface area contributed by atoms with Crippen molar-refractivity contribution in [2.24, 2.45) is 0 Å². The SMILES string of the molecule is CN1CCN(c2nc(Nc3cc(C(=O)Cc4ccccc4)ccn3)nc(C3CC3)n2)CC1. The number of nitrogens with one attached hydrogen (secondary N) is 1. The Labute approximate surface area is 187 Å². The highest BCUT2D eigenvalue weighted by molar-refractivity contribution is 5.98. The maximum Gasteiger partial charge on any atom is 0.233 e. The Kier molecular flexibility index (Phi) is 5.77. The maximum absolute atomic E-state index is 12.8. The third kappa shape index (κ3) is 4.91. The normalized spacial score (nSPS) is 16.7. The number of Topliss-reactive ketones (excluding diaryl/α,β-unsaturated/α-hetero) is 1. The zero-order valence-electron chi connectivity index (χ0n) is 18.2. The van der Waals surface area contributed by atoms with Crippen LogP contribution in [-0.4, -0.2) is 63.8 Å². The van der Waals surface area contributed by atoms with Crippen molar-refractivity contribution in [3.05, 3.63) is 65.6 Å². The predicted molar refractivity (Wildman–Crippen MR) is 124 cm³/mol. The van der Waals surface area contributed by atoms with E-state index >= 15 is 0 Å². The number of likely N-dealkylation sites (N-methyl/N-ethyl adjacent to an activating group) is 1. The fraction of sp³-hybridized carbons (Fsp3) is 0.375. The Morgan fingerprint density at radius 2 is 1.81 bits per heavy atom. The number of carbonyl (C=O) groups excluding carboxylic acids is 1. The van der Waals surface area contributed by atoms with Gasteiger partial charge in [0.2, 0.25) is 11.9 Å². The summed E-state index contributed by atoms with van der Waals surface area (Å²) in [5.41, 5.74) is 1.61. The molecular formula is C24H27N7O. The molecule has 3 aromatic rings. The number of carbonyl (C=O) groups is 1. The van der Waals surface area contributed by atoms with Gasteiger partial charge in [-0.3, -0.25) is 4.79 Å². The number of ketones is 1. The number of aromatic nitrogens is 4. The number of pyridine rings is 1. The van der Waals surface area contributed by atoms with Crippen LogP contribution in [0.4, 0.5) is 17.7 Å². The highest BCUT2D eigenvalue weighted by atomic mass is 16.1. The molecule has 0 amide bonds. The van der Waals surface area contributed by atoms with Crippen LogP contribution in [0.3, 0.4) is 0 Å². The van der Waals surface area contributed by atoms with E-state index in [2.05, 4.69) is 37.1 Å². The first-order valence-electron chi connectivity index (χ1n) is 11.1. The minimum absolute atomic E-state index is 0.0501. The monoisotopic (exact) mass is 429 g/mol. The molecule has 3 heterocycles. The molecule has 1 aliphatic heterocycles. The fourth-order valence-corrected chi connectivity index (χ4v) is 3.78. The third-order valence-corrected chi connectivity index (χ3v) is 5.90. The lowest BCUT2D eigenvalue weighted by Gasteiger charge is -2.32. The number of hydrogen-bond donors (Lipinski definition) is 1. The Morgan fingerprint density at radius 1 is 1.03 bits per heavy atom. The quantitative estimate of drug-likeness (QED) is 0.574. The van der Waals surface area contributed by atoms with Crippen LogP contribution >= 0.6 is 0 Å². The molecule has 8 nitrogen and oxygen atoms in total. The molecule has 2 aromatic heterocycles. The first-order chi connectivity index (χ1) is 15.6.